The van der Waals surface area contributed by atoms with E-state index < -0.39 is 29.8 Å². The van der Waals surface area contributed by atoms with Crippen LogP contribution in [0.3, 0.4) is 0 Å². The van der Waals surface area contributed by atoms with Crippen molar-refractivity contribution < 1.29 is 23.8 Å². The van der Waals surface area contributed by atoms with E-state index in [9.17, 15) is 9.18 Å². The van der Waals surface area contributed by atoms with Crippen molar-refractivity contribution in [2.24, 2.45) is 0 Å². The van der Waals surface area contributed by atoms with Gasteiger partial charge in [-0.1, -0.05) is 18.2 Å². The number of carboxylic acids is 1. The SMILES string of the molecule is CC1(C)O[C@H](C(=O)O)[C@@H](c2ccccc2F)O1. The third-order valence-electron chi connectivity index (χ3n) is 2.55. The molecule has 1 aliphatic rings. The summed E-state index contributed by atoms with van der Waals surface area (Å²) in [5.41, 5.74) is 0.200. The van der Waals surface area contributed by atoms with Crippen molar-refractivity contribution in [2.45, 2.75) is 31.8 Å². The molecule has 0 amide bonds. The van der Waals surface area contributed by atoms with E-state index in [1.165, 1.54) is 18.2 Å². The molecule has 0 spiro atoms. The maximum absolute atomic E-state index is 13.6. The van der Waals surface area contributed by atoms with Crippen LogP contribution in [0.5, 0.6) is 0 Å². The second-order valence-corrected chi connectivity index (χ2v) is 4.34. The Balaban J connectivity index is 2.37. The number of carboxylic acid groups (broad SMARTS) is 1. The Morgan fingerprint density at radius 3 is 2.59 bits per heavy atom. The maximum atomic E-state index is 13.6. The van der Waals surface area contributed by atoms with Gasteiger partial charge in [0.2, 0.25) is 0 Å². The third-order valence-corrected chi connectivity index (χ3v) is 2.55. The number of halogens is 1. The molecule has 1 aromatic rings. The molecule has 92 valence electrons. The van der Waals surface area contributed by atoms with Gasteiger partial charge in [-0.15, -0.1) is 0 Å². The summed E-state index contributed by atoms with van der Waals surface area (Å²) in [4.78, 5) is 11.1. The average molecular weight is 240 g/mol. The van der Waals surface area contributed by atoms with Crippen LogP contribution < -0.4 is 0 Å². The monoisotopic (exact) mass is 240 g/mol. The van der Waals surface area contributed by atoms with Crippen molar-refractivity contribution in [2.75, 3.05) is 0 Å². The largest absolute Gasteiger partial charge is 0.479 e. The van der Waals surface area contributed by atoms with Crippen LogP contribution in [0.4, 0.5) is 4.39 Å². The summed E-state index contributed by atoms with van der Waals surface area (Å²) in [5.74, 6) is -2.69. The van der Waals surface area contributed by atoms with Crippen LogP contribution in [0.2, 0.25) is 0 Å². The van der Waals surface area contributed by atoms with E-state index in [0.717, 1.165) is 0 Å². The van der Waals surface area contributed by atoms with Crippen molar-refractivity contribution in [3.8, 4) is 0 Å². The van der Waals surface area contributed by atoms with Gasteiger partial charge in [0, 0.05) is 5.56 Å². The van der Waals surface area contributed by atoms with Gasteiger partial charge in [0.15, 0.2) is 11.9 Å². The fourth-order valence-electron chi connectivity index (χ4n) is 1.88. The smallest absolute Gasteiger partial charge is 0.336 e. The minimum atomic E-state index is -1.19. The first kappa shape index (κ1) is 12.0. The van der Waals surface area contributed by atoms with Crippen LogP contribution in [0.25, 0.3) is 0 Å². The lowest BCUT2D eigenvalue weighted by molar-refractivity contribution is -0.165. The molecule has 0 radical (unpaired) electrons. The standard InChI is InChI=1S/C12H13FO4/c1-12(2)16-9(10(17-12)11(14)15)7-5-3-4-6-8(7)13/h3-6,9-10H,1-2H3,(H,14,15)/t9-,10+/m1/s1. The first-order valence-electron chi connectivity index (χ1n) is 5.23. The number of carbonyl (C=O) groups is 1. The lowest BCUT2D eigenvalue weighted by Gasteiger charge is -2.17. The molecule has 2 atom stereocenters. The normalized spacial score (nSPS) is 27.0. The van der Waals surface area contributed by atoms with Crippen LogP contribution in [0, 0.1) is 5.82 Å². The van der Waals surface area contributed by atoms with Crippen LogP contribution >= 0.6 is 0 Å². The van der Waals surface area contributed by atoms with E-state index in [4.69, 9.17) is 14.6 Å². The second-order valence-electron chi connectivity index (χ2n) is 4.34. The fraction of sp³-hybridized carbons (Fsp3) is 0.417. The van der Waals surface area contributed by atoms with Gasteiger partial charge in [-0.05, 0) is 19.9 Å². The molecule has 1 aliphatic heterocycles. The molecule has 0 saturated carbocycles. The van der Waals surface area contributed by atoms with Crippen molar-refractivity contribution in [1.29, 1.82) is 0 Å². The van der Waals surface area contributed by atoms with E-state index in [2.05, 4.69) is 0 Å². The molecule has 4 nitrogen and oxygen atoms in total. The number of aliphatic carboxylic acids is 1. The Morgan fingerprint density at radius 1 is 1.35 bits per heavy atom. The maximum Gasteiger partial charge on any atom is 0.336 e. The highest BCUT2D eigenvalue weighted by molar-refractivity contribution is 5.74. The Bertz CT molecular complexity index is 444. The Morgan fingerprint density at radius 2 is 2.00 bits per heavy atom. The molecule has 0 bridgehead atoms. The molecule has 1 aromatic carbocycles. The van der Waals surface area contributed by atoms with Crippen LogP contribution in [-0.4, -0.2) is 23.0 Å². The van der Waals surface area contributed by atoms with Gasteiger partial charge in [0.1, 0.15) is 11.9 Å². The summed E-state index contributed by atoms with van der Waals surface area (Å²) in [6.07, 6.45) is -2.12. The molecule has 5 heteroatoms. The zero-order chi connectivity index (χ0) is 12.6. The predicted molar refractivity (Wildman–Crippen MR) is 56.8 cm³/mol. The molecule has 1 saturated heterocycles. The number of rotatable bonds is 2. The summed E-state index contributed by atoms with van der Waals surface area (Å²) in [7, 11) is 0. The van der Waals surface area contributed by atoms with Gasteiger partial charge in [-0.3, -0.25) is 0 Å². The molecule has 1 fully saturated rings. The summed E-state index contributed by atoms with van der Waals surface area (Å²) < 4.78 is 24.3. The average Bonchev–Trinajstić information content (AvgIpc) is 2.55. The first-order chi connectivity index (χ1) is 7.91. The lowest BCUT2D eigenvalue weighted by Crippen LogP contribution is -2.27. The molecule has 0 aromatic heterocycles. The molecule has 1 N–H and O–H groups in total. The lowest BCUT2D eigenvalue weighted by atomic mass is 10.0. The van der Waals surface area contributed by atoms with E-state index >= 15 is 0 Å². The Kier molecular flexibility index (Phi) is 2.89. The van der Waals surface area contributed by atoms with Gasteiger partial charge in [-0.2, -0.15) is 0 Å². The molecule has 0 aliphatic carbocycles. The number of hydrogen-bond acceptors (Lipinski definition) is 3. The van der Waals surface area contributed by atoms with Gasteiger partial charge in [0.05, 0.1) is 0 Å². The minimum Gasteiger partial charge on any atom is -0.479 e. The van der Waals surface area contributed by atoms with Crippen LogP contribution in [-0.2, 0) is 14.3 Å². The minimum absolute atomic E-state index is 0.200. The van der Waals surface area contributed by atoms with Crippen molar-refractivity contribution in [1.82, 2.24) is 0 Å². The van der Waals surface area contributed by atoms with E-state index in [-0.39, 0.29) is 5.56 Å². The van der Waals surface area contributed by atoms with Crippen LogP contribution in [0.1, 0.15) is 25.5 Å². The van der Waals surface area contributed by atoms with Crippen LogP contribution in [0.15, 0.2) is 24.3 Å². The quantitative estimate of drug-likeness (QED) is 0.860. The highest BCUT2D eigenvalue weighted by Crippen LogP contribution is 2.39. The van der Waals surface area contributed by atoms with Crippen molar-refractivity contribution >= 4 is 5.97 Å². The van der Waals surface area contributed by atoms with Gasteiger partial charge < -0.3 is 14.6 Å². The highest BCUT2D eigenvalue weighted by atomic mass is 19.1. The van der Waals surface area contributed by atoms with Crippen molar-refractivity contribution in [3.63, 3.8) is 0 Å². The molecular formula is C12H13FO4. The second kappa shape index (κ2) is 4.09. The number of benzene rings is 1. The zero-order valence-corrected chi connectivity index (χ0v) is 9.51. The van der Waals surface area contributed by atoms with Gasteiger partial charge in [0.25, 0.3) is 0 Å². The summed E-state index contributed by atoms with van der Waals surface area (Å²) >= 11 is 0. The summed E-state index contributed by atoms with van der Waals surface area (Å²) in [6, 6.07) is 5.94. The highest BCUT2D eigenvalue weighted by Gasteiger charge is 2.46. The first-order valence-corrected chi connectivity index (χ1v) is 5.23. The molecule has 0 unspecified atom stereocenters. The van der Waals surface area contributed by atoms with E-state index in [1.54, 1.807) is 19.9 Å². The fourth-order valence-corrected chi connectivity index (χ4v) is 1.88. The third kappa shape index (κ3) is 2.30. The summed E-state index contributed by atoms with van der Waals surface area (Å²) in [5, 5.41) is 9.04. The predicted octanol–water partition coefficient (Wildman–Crippen LogP) is 2.10. The Hall–Kier alpha value is -1.46. The number of hydrogen-bond donors (Lipinski definition) is 1. The Labute approximate surface area is 98.0 Å². The molecular weight excluding hydrogens is 227 g/mol. The van der Waals surface area contributed by atoms with E-state index in [1.807, 2.05) is 0 Å². The van der Waals surface area contributed by atoms with Gasteiger partial charge in [-0.25, -0.2) is 9.18 Å². The molecule has 17 heavy (non-hydrogen) atoms. The zero-order valence-electron chi connectivity index (χ0n) is 9.51. The topological polar surface area (TPSA) is 55.8 Å². The van der Waals surface area contributed by atoms with Crippen molar-refractivity contribution in [3.05, 3.63) is 35.6 Å². The van der Waals surface area contributed by atoms with E-state index in [0.29, 0.717) is 0 Å². The summed E-state index contributed by atoms with van der Waals surface area (Å²) in [6.45, 7) is 3.20. The molecule has 1 heterocycles. The number of ether oxygens (including phenoxy) is 2. The molecule has 2 rings (SSSR count). The van der Waals surface area contributed by atoms with Gasteiger partial charge >= 0.3 is 5.97 Å².